The van der Waals surface area contributed by atoms with Gasteiger partial charge in [0.15, 0.2) is 0 Å². The third-order valence-electron chi connectivity index (χ3n) is 2.58. The molecule has 102 valence electrons. The van der Waals surface area contributed by atoms with Gasteiger partial charge in [-0.2, -0.15) is 0 Å². The van der Waals surface area contributed by atoms with E-state index in [1.807, 2.05) is 6.92 Å². The number of nitrogens with zero attached hydrogens (tertiary/aromatic N) is 1. The molecule has 2 atom stereocenters. The first-order valence-electron chi connectivity index (χ1n) is 5.38. The largest absolute Gasteiger partial charge is 0.508 e. The highest BCUT2D eigenvalue weighted by molar-refractivity contribution is 5.85. The maximum atomic E-state index is 10.6. The molecule has 7 heteroatoms. The third-order valence-corrected chi connectivity index (χ3v) is 2.58. The van der Waals surface area contributed by atoms with Gasteiger partial charge in [-0.15, -0.1) is 12.4 Å². The quantitative estimate of drug-likeness (QED) is 0.562. The van der Waals surface area contributed by atoms with Crippen molar-refractivity contribution in [2.24, 2.45) is 5.73 Å². The minimum atomic E-state index is -0.826. The first-order chi connectivity index (χ1) is 7.97. The molecule has 0 bridgehead atoms. The summed E-state index contributed by atoms with van der Waals surface area (Å²) in [5.74, 6) is -0.141. The van der Waals surface area contributed by atoms with Crippen molar-refractivity contribution in [3.63, 3.8) is 0 Å². The first-order valence-corrected chi connectivity index (χ1v) is 5.38. The van der Waals surface area contributed by atoms with E-state index >= 15 is 0 Å². The number of aromatic hydroxyl groups is 1. The molecule has 0 aliphatic heterocycles. The van der Waals surface area contributed by atoms with Gasteiger partial charge in [0.25, 0.3) is 5.69 Å². The van der Waals surface area contributed by atoms with Gasteiger partial charge in [-0.25, -0.2) is 0 Å². The normalized spacial score (nSPS) is 13.5. The molecular weight excluding hydrogens is 260 g/mol. The standard InChI is InChI=1S/C11H16N2O4.ClH/c1-2-3-10(15)11(12)8-6-7(13(16)17)4-5-9(8)14;/h4-6,10-11,14-15H,2-3,12H2,1H3;1H/t10-,11+;/m1./s1. The molecule has 4 N–H and O–H groups in total. The number of nitrogens with two attached hydrogens (primary N) is 1. The molecule has 0 radical (unpaired) electrons. The zero-order chi connectivity index (χ0) is 13.0. The summed E-state index contributed by atoms with van der Waals surface area (Å²) in [5.41, 5.74) is 5.80. The van der Waals surface area contributed by atoms with E-state index in [9.17, 15) is 20.3 Å². The summed E-state index contributed by atoms with van der Waals surface area (Å²) in [4.78, 5) is 10.0. The molecule has 0 unspecified atom stereocenters. The summed E-state index contributed by atoms with van der Waals surface area (Å²) in [5, 5.41) is 29.9. The Bertz CT molecular complexity index is 414. The maximum Gasteiger partial charge on any atom is 0.270 e. The first kappa shape index (κ1) is 16.6. The number of aliphatic hydroxyl groups is 1. The second-order valence-corrected chi connectivity index (χ2v) is 3.88. The summed E-state index contributed by atoms with van der Waals surface area (Å²) in [6.07, 6.45) is 0.390. The molecule has 0 heterocycles. The van der Waals surface area contributed by atoms with Crippen LogP contribution in [0.1, 0.15) is 31.4 Å². The van der Waals surface area contributed by atoms with Gasteiger partial charge in [0.2, 0.25) is 0 Å². The van der Waals surface area contributed by atoms with Crippen LogP contribution >= 0.6 is 12.4 Å². The van der Waals surface area contributed by atoms with E-state index < -0.39 is 17.1 Å². The van der Waals surface area contributed by atoms with Crippen molar-refractivity contribution in [2.45, 2.75) is 31.9 Å². The molecule has 0 aromatic heterocycles. The van der Waals surface area contributed by atoms with Crippen LogP contribution in [0.5, 0.6) is 5.75 Å². The molecule has 0 amide bonds. The van der Waals surface area contributed by atoms with E-state index in [0.717, 1.165) is 6.42 Å². The number of non-ortho nitro benzene ring substituents is 1. The summed E-state index contributed by atoms with van der Waals surface area (Å²) < 4.78 is 0. The van der Waals surface area contributed by atoms with Crippen LogP contribution in [0, 0.1) is 10.1 Å². The summed E-state index contributed by atoms with van der Waals surface area (Å²) in [7, 11) is 0. The van der Waals surface area contributed by atoms with Gasteiger partial charge in [-0.1, -0.05) is 13.3 Å². The number of phenols is 1. The molecule has 0 saturated carbocycles. The van der Waals surface area contributed by atoms with Gasteiger partial charge in [0.1, 0.15) is 5.75 Å². The Morgan fingerprint density at radius 1 is 1.50 bits per heavy atom. The summed E-state index contributed by atoms with van der Waals surface area (Å²) in [6, 6.07) is 2.78. The molecular formula is C11H17ClN2O4. The molecule has 0 spiro atoms. The van der Waals surface area contributed by atoms with E-state index in [0.29, 0.717) is 6.42 Å². The van der Waals surface area contributed by atoms with Crippen molar-refractivity contribution in [3.05, 3.63) is 33.9 Å². The van der Waals surface area contributed by atoms with E-state index in [4.69, 9.17) is 5.73 Å². The lowest BCUT2D eigenvalue weighted by Crippen LogP contribution is -2.26. The summed E-state index contributed by atoms with van der Waals surface area (Å²) in [6.45, 7) is 1.89. The molecule has 0 aliphatic rings. The average molecular weight is 277 g/mol. The molecule has 1 aromatic carbocycles. The minimum Gasteiger partial charge on any atom is -0.508 e. The highest BCUT2D eigenvalue weighted by atomic mass is 35.5. The monoisotopic (exact) mass is 276 g/mol. The van der Waals surface area contributed by atoms with E-state index in [1.165, 1.54) is 18.2 Å². The second kappa shape index (κ2) is 7.15. The Kier molecular flexibility index (Phi) is 6.61. The lowest BCUT2D eigenvalue weighted by Gasteiger charge is -2.19. The van der Waals surface area contributed by atoms with Gasteiger partial charge < -0.3 is 15.9 Å². The van der Waals surface area contributed by atoms with Gasteiger partial charge >= 0.3 is 0 Å². The Morgan fingerprint density at radius 3 is 2.61 bits per heavy atom. The van der Waals surface area contributed by atoms with Crippen LogP contribution in [-0.4, -0.2) is 21.2 Å². The second-order valence-electron chi connectivity index (χ2n) is 3.88. The molecule has 0 aliphatic carbocycles. The molecule has 0 saturated heterocycles. The lowest BCUT2D eigenvalue weighted by molar-refractivity contribution is -0.385. The molecule has 18 heavy (non-hydrogen) atoms. The minimum absolute atomic E-state index is 0. The molecule has 6 nitrogen and oxygen atoms in total. The number of aliphatic hydroxyl groups excluding tert-OH is 1. The van der Waals surface area contributed by atoms with E-state index in [-0.39, 0.29) is 29.4 Å². The highest BCUT2D eigenvalue weighted by Crippen LogP contribution is 2.29. The van der Waals surface area contributed by atoms with Crippen LogP contribution in [0.2, 0.25) is 0 Å². The fourth-order valence-electron chi connectivity index (χ4n) is 1.61. The average Bonchev–Trinajstić information content (AvgIpc) is 2.28. The van der Waals surface area contributed by atoms with Gasteiger partial charge in [0.05, 0.1) is 17.1 Å². The Labute approximate surface area is 111 Å². The number of benzene rings is 1. The zero-order valence-corrected chi connectivity index (χ0v) is 10.8. The van der Waals surface area contributed by atoms with Gasteiger partial charge in [-0.3, -0.25) is 10.1 Å². The maximum absolute atomic E-state index is 10.6. The van der Waals surface area contributed by atoms with Crippen molar-refractivity contribution in [1.82, 2.24) is 0 Å². The van der Waals surface area contributed by atoms with Crippen LogP contribution < -0.4 is 5.73 Å². The number of nitro benzene ring substituents is 1. The van der Waals surface area contributed by atoms with Crippen LogP contribution in [0.4, 0.5) is 5.69 Å². The van der Waals surface area contributed by atoms with Crippen molar-refractivity contribution >= 4 is 18.1 Å². The summed E-state index contributed by atoms with van der Waals surface area (Å²) >= 11 is 0. The Hall–Kier alpha value is -1.37. The van der Waals surface area contributed by atoms with Crippen molar-refractivity contribution in [2.75, 3.05) is 0 Å². The predicted octanol–water partition coefficient (Wildman–Crippen LogP) is 1.88. The number of rotatable bonds is 5. The number of hydrogen-bond acceptors (Lipinski definition) is 5. The number of halogens is 1. The Morgan fingerprint density at radius 2 is 2.11 bits per heavy atom. The Balaban J connectivity index is 0.00000289. The fraction of sp³-hybridized carbons (Fsp3) is 0.455. The fourth-order valence-corrected chi connectivity index (χ4v) is 1.61. The van der Waals surface area contributed by atoms with Crippen molar-refractivity contribution in [1.29, 1.82) is 0 Å². The van der Waals surface area contributed by atoms with Crippen molar-refractivity contribution in [3.8, 4) is 5.75 Å². The van der Waals surface area contributed by atoms with Crippen LogP contribution in [0.3, 0.4) is 0 Å². The lowest BCUT2D eigenvalue weighted by atomic mass is 9.98. The topological polar surface area (TPSA) is 110 Å². The predicted molar refractivity (Wildman–Crippen MR) is 69.9 cm³/mol. The molecule has 0 fully saturated rings. The number of nitro groups is 1. The smallest absolute Gasteiger partial charge is 0.270 e. The zero-order valence-electron chi connectivity index (χ0n) is 9.94. The van der Waals surface area contributed by atoms with Crippen LogP contribution in [0.15, 0.2) is 18.2 Å². The number of phenolic OH excluding ortho intramolecular Hbond substituents is 1. The van der Waals surface area contributed by atoms with Gasteiger partial charge in [0, 0.05) is 17.7 Å². The highest BCUT2D eigenvalue weighted by Gasteiger charge is 2.21. The van der Waals surface area contributed by atoms with Crippen LogP contribution in [-0.2, 0) is 0 Å². The molecule has 1 rings (SSSR count). The van der Waals surface area contributed by atoms with E-state index in [1.54, 1.807) is 0 Å². The van der Waals surface area contributed by atoms with Gasteiger partial charge in [-0.05, 0) is 12.5 Å². The van der Waals surface area contributed by atoms with Crippen molar-refractivity contribution < 1.29 is 15.1 Å². The molecule has 1 aromatic rings. The SMILES string of the molecule is CCC[C@@H](O)[C@@H](N)c1cc([N+](=O)[O-])ccc1O.Cl. The third kappa shape index (κ3) is 3.83. The van der Waals surface area contributed by atoms with Crippen LogP contribution in [0.25, 0.3) is 0 Å². The number of hydrogen-bond donors (Lipinski definition) is 3. The van der Waals surface area contributed by atoms with E-state index in [2.05, 4.69) is 0 Å².